The van der Waals surface area contributed by atoms with Gasteiger partial charge in [-0.15, -0.1) is 0 Å². The van der Waals surface area contributed by atoms with Gasteiger partial charge in [0.25, 0.3) is 0 Å². The van der Waals surface area contributed by atoms with E-state index in [0.29, 0.717) is 23.2 Å². The lowest BCUT2D eigenvalue weighted by Gasteiger charge is -2.35. The molecule has 1 aliphatic rings. The third-order valence-electron chi connectivity index (χ3n) is 3.79. The maximum Gasteiger partial charge on any atom is 0.129 e. The first kappa shape index (κ1) is 14.8. The average molecular weight is 285 g/mol. The van der Waals surface area contributed by atoms with Gasteiger partial charge in [-0.25, -0.2) is 4.39 Å². The van der Waals surface area contributed by atoms with E-state index in [1.54, 1.807) is 12.1 Å². The summed E-state index contributed by atoms with van der Waals surface area (Å²) in [6.45, 7) is 5.61. The predicted octanol–water partition coefficient (Wildman–Crippen LogP) is 3.60. The van der Waals surface area contributed by atoms with Gasteiger partial charge in [0.2, 0.25) is 0 Å². The van der Waals surface area contributed by atoms with Crippen molar-refractivity contribution >= 4 is 11.6 Å². The summed E-state index contributed by atoms with van der Waals surface area (Å²) in [6.07, 6.45) is 2.54. The van der Waals surface area contributed by atoms with Crippen LogP contribution in [0, 0.1) is 11.7 Å². The Morgan fingerprint density at radius 3 is 2.58 bits per heavy atom. The Kier molecular flexibility index (Phi) is 4.82. The van der Waals surface area contributed by atoms with Crippen molar-refractivity contribution in [3.05, 3.63) is 34.6 Å². The second kappa shape index (κ2) is 6.21. The Labute approximate surface area is 119 Å². The fourth-order valence-corrected chi connectivity index (χ4v) is 2.83. The van der Waals surface area contributed by atoms with Crippen LogP contribution in [-0.4, -0.2) is 24.0 Å². The number of nitrogens with two attached hydrogens (primary N) is 1. The minimum absolute atomic E-state index is 0.144. The van der Waals surface area contributed by atoms with E-state index in [0.717, 1.165) is 12.5 Å². The lowest BCUT2D eigenvalue weighted by atomic mass is 10.0. The predicted molar refractivity (Wildman–Crippen MR) is 77.8 cm³/mol. The smallest absolute Gasteiger partial charge is 0.129 e. The summed E-state index contributed by atoms with van der Waals surface area (Å²) in [5.41, 5.74) is 6.45. The van der Waals surface area contributed by atoms with Gasteiger partial charge in [0.05, 0.1) is 6.04 Å². The van der Waals surface area contributed by atoms with Crippen molar-refractivity contribution in [2.75, 3.05) is 13.1 Å². The SMILES string of the molecule is CC(C)N(CC1CC1)C(CN)c1c(F)cccc1Cl. The molecule has 1 aromatic carbocycles. The monoisotopic (exact) mass is 284 g/mol. The van der Waals surface area contributed by atoms with Gasteiger partial charge in [-0.1, -0.05) is 17.7 Å². The zero-order valence-electron chi connectivity index (χ0n) is 11.6. The molecular formula is C15H22ClFN2. The molecule has 1 fully saturated rings. The van der Waals surface area contributed by atoms with E-state index in [1.165, 1.54) is 18.9 Å². The van der Waals surface area contributed by atoms with E-state index in [1.807, 2.05) is 0 Å². The number of hydrogen-bond donors (Lipinski definition) is 1. The molecule has 1 aliphatic carbocycles. The van der Waals surface area contributed by atoms with Crippen LogP contribution in [0.1, 0.15) is 38.3 Å². The zero-order valence-corrected chi connectivity index (χ0v) is 12.3. The molecular weight excluding hydrogens is 263 g/mol. The van der Waals surface area contributed by atoms with Crippen molar-refractivity contribution in [2.24, 2.45) is 11.7 Å². The third-order valence-corrected chi connectivity index (χ3v) is 4.12. The van der Waals surface area contributed by atoms with E-state index in [9.17, 15) is 4.39 Å². The standard InChI is InChI=1S/C15H22ClFN2/c1-10(2)19(9-11-6-7-11)14(8-18)15-12(16)4-3-5-13(15)17/h3-5,10-11,14H,6-9,18H2,1-2H3. The summed E-state index contributed by atoms with van der Waals surface area (Å²) in [6, 6.07) is 5.01. The molecule has 2 nitrogen and oxygen atoms in total. The number of benzene rings is 1. The van der Waals surface area contributed by atoms with Gasteiger partial charge < -0.3 is 5.73 Å². The molecule has 0 amide bonds. The Balaban J connectivity index is 2.30. The zero-order chi connectivity index (χ0) is 14.0. The molecule has 1 saturated carbocycles. The number of nitrogens with zero attached hydrogens (tertiary/aromatic N) is 1. The largest absolute Gasteiger partial charge is 0.329 e. The van der Waals surface area contributed by atoms with Crippen molar-refractivity contribution < 1.29 is 4.39 Å². The topological polar surface area (TPSA) is 29.3 Å². The highest BCUT2D eigenvalue weighted by Crippen LogP contribution is 2.36. The Morgan fingerprint density at radius 1 is 1.42 bits per heavy atom. The fourth-order valence-electron chi connectivity index (χ4n) is 2.54. The molecule has 0 radical (unpaired) electrons. The van der Waals surface area contributed by atoms with Gasteiger partial charge in [-0.2, -0.15) is 0 Å². The van der Waals surface area contributed by atoms with Gasteiger partial charge in [-0.05, 0) is 44.7 Å². The summed E-state index contributed by atoms with van der Waals surface area (Å²) < 4.78 is 14.1. The van der Waals surface area contributed by atoms with Gasteiger partial charge in [0.15, 0.2) is 0 Å². The first-order valence-corrected chi connectivity index (χ1v) is 7.32. The van der Waals surface area contributed by atoms with Crippen LogP contribution in [0.2, 0.25) is 5.02 Å². The molecule has 2 N–H and O–H groups in total. The number of halogens is 2. The average Bonchev–Trinajstić information content (AvgIpc) is 3.15. The van der Waals surface area contributed by atoms with Crippen molar-refractivity contribution in [3.8, 4) is 0 Å². The van der Waals surface area contributed by atoms with Gasteiger partial charge in [0, 0.05) is 29.7 Å². The molecule has 0 spiro atoms. The molecule has 19 heavy (non-hydrogen) atoms. The highest BCUT2D eigenvalue weighted by atomic mass is 35.5. The van der Waals surface area contributed by atoms with Crippen LogP contribution < -0.4 is 5.73 Å². The van der Waals surface area contributed by atoms with Gasteiger partial charge in [-0.3, -0.25) is 4.90 Å². The van der Waals surface area contributed by atoms with Crippen molar-refractivity contribution in [1.29, 1.82) is 0 Å². The molecule has 4 heteroatoms. The van der Waals surface area contributed by atoms with E-state index < -0.39 is 0 Å². The second-order valence-electron chi connectivity index (χ2n) is 5.62. The van der Waals surface area contributed by atoms with Gasteiger partial charge in [0.1, 0.15) is 5.82 Å². The summed E-state index contributed by atoms with van der Waals surface area (Å²) in [5.74, 6) is 0.478. The van der Waals surface area contributed by atoms with Crippen LogP contribution in [-0.2, 0) is 0 Å². The van der Waals surface area contributed by atoms with Crippen molar-refractivity contribution in [3.63, 3.8) is 0 Å². The normalized spacial score (nSPS) is 17.2. The van der Waals surface area contributed by atoms with Crippen molar-refractivity contribution in [1.82, 2.24) is 4.90 Å². The third kappa shape index (κ3) is 3.47. The first-order valence-electron chi connectivity index (χ1n) is 6.94. The molecule has 106 valence electrons. The number of rotatable bonds is 6. The summed E-state index contributed by atoms with van der Waals surface area (Å²) in [4.78, 5) is 2.28. The lowest BCUT2D eigenvalue weighted by molar-refractivity contribution is 0.147. The highest BCUT2D eigenvalue weighted by Gasteiger charge is 2.31. The molecule has 1 aromatic rings. The molecule has 0 aliphatic heterocycles. The highest BCUT2D eigenvalue weighted by molar-refractivity contribution is 6.31. The van der Waals surface area contributed by atoms with E-state index in [4.69, 9.17) is 17.3 Å². The van der Waals surface area contributed by atoms with E-state index in [-0.39, 0.29) is 11.9 Å². The second-order valence-corrected chi connectivity index (χ2v) is 6.03. The van der Waals surface area contributed by atoms with Gasteiger partial charge >= 0.3 is 0 Å². The fraction of sp³-hybridized carbons (Fsp3) is 0.600. The van der Waals surface area contributed by atoms with Crippen LogP contribution in [0.15, 0.2) is 18.2 Å². The van der Waals surface area contributed by atoms with E-state index >= 15 is 0 Å². The minimum Gasteiger partial charge on any atom is -0.329 e. The number of hydrogen-bond acceptors (Lipinski definition) is 2. The molecule has 2 rings (SSSR count). The Hall–Kier alpha value is -0.640. The summed E-state index contributed by atoms with van der Waals surface area (Å²) >= 11 is 6.18. The molecule has 0 aromatic heterocycles. The van der Waals surface area contributed by atoms with Crippen molar-refractivity contribution in [2.45, 2.75) is 38.8 Å². The maximum atomic E-state index is 14.1. The minimum atomic E-state index is -0.260. The van der Waals surface area contributed by atoms with Crippen LogP contribution >= 0.6 is 11.6 Å². The molecule has 1 unspecified atom stereocenters. The summed E-state index contributed by atoms with van der Waals surface area (Å²) in [5, 5.41) is 0.469. The Morgan fingerprint density at radius 2 is 2.11 bits per heavy atom. The molecule has 0 heterocycles. The molecule has 1 atom stereocenters. The van der Waals surface area contributed by atoms with Crippen LogP contribution in [0.25, 0.3) is 0 Å². The summed E-state index contributed by atoms with van der Waals surface area (Å²) in [7, 11) is 0. The Bertz CT molecular complexity index is 412. The quantitative estimate of drug-likeness (QED) is 0.865. The maximum absolute atomic E-state index is 14.1. The first-order chi connectivity index (χ1) is 9.04. The molecule has 0 bridgehead atoms. The van der Waals surface area contributed by atoms with Crippen LogP contribution in [0.5, 0.6) is 0 Å². The van der Waals surface area contributed by atoms with Crippen LogP contribution in [0.4, 0.5) is 4.39 Å². The lowest BCUT2D eigenvalue weighted by Crippen LogP contribution is -2.40. The van der Waals surface area contributed by atoms with Crippen LogP contribution in [0.3, 0.4) is 0 Å². The molecule has 0 saturated heterocycles. The van der Waals surface area contributed by atoms with E-state index in [2.05, 4.69) is 18.7 Å².